The SMILES string of the molecule is Clc1ccc(CBr)c(Oc2cncc(Br)c2)c1. The second-order valence-corrected chi connectivity index (χ2v) is 5.24. The molecule has 2 nitrogen and oxygen atoms in total. The van der Waals surface area contributed by atoms with Crippen LogP contribution in [0.5, 0.6) is 11.5 Å². The van der Waals surface area contributed by atoms with Gasteiger partial charge in [-0.2, -0.15) is 0 Å². The summed E-state index contributed by atoms with van der Waals surface area (Å²) in [6, 6.07) is 7.41. The molecule has 0 atom stereocenters. The Balaban J connectivity index is 2.32. The van der Waals surface area contributed by atoms with Gasteiger partial charge in [0, 0.05) is 26.6 Å². The van der Waals surface area contributed by atoms with Crippen LogP contribution in [0.4, 0.5) is 0 Å². The molecule has 0 unspecified atom stereocenters. The van der Waals surface area contributed by atoms with Crippen LogP contribution in [0.3, 0.4) is 0 Å². The molecule has 0 saturated heterocycles. The summed E-state index contributed by atoms with van der Waals surface area (Å²) in [6.45, 7) is 0. The van der Waals surface area contributed by atoms with E-state index in [9.17, 15) is 0 Å². The number of rotatable bonds is 3. The lowest BCUT2D eigenvalue weighted by Gasteiger charge is -2.09. The van der Waals surface area contributed by atoms with Crippen LogP contribution in [-0.4, -0.2) is 4.98 Å². The van der Waals surface area contributed by atoms with Crippen LogP contribution in [0.15, 0.2) is 41.1 Å². The molecule has 1 aromatic carbocycles. The Kier molecular flexibility index (Phi) is 4.42. The van der Waals surface area contributed by atoms with E-state index in [2.05, 4.69) is 36.8 Å². The lowest BCUT2D eigenvalue weighted by Crippen LogP contribution is -1.90. The molecule has 88 valence electrons. The second-order valence-electron chi connectivity index (χ2n) is 3.33. The Bertz CT molecular complexity index is 534. The minimum atomic E-state index is 0.646. The van der Waals surface area contributed by atoms with Gasteiger partial charge in [-0.15, -0.1) is 0 Å². The fourth-order valence-corrected chi connectivity index (χ4v) is 2.28. The lowest BCUT2D eigenvalue weighted by atomic mass is 10.2. The lowest BCUT2D eigenvalue weighted by molar-refractivity contribution is 0.476. The fourth-order valence-electron chi connectivity index (χ4n) is 1.31. The number of halogens is 3. The van der Waals surface area contributed by atoms with Crippen molar-refractivity contribution in [2.75, 3.05) is 0 Å². The smallest absolute Gasteiger partial charge is 0.146 e. The predicted octanol–water partition coefficient (Wildman–Crippen LogP) is 5.18. The topological polar surface area (TPSA) is 22.1 Å². The molecule has 1 heterocycles. The Labute approximate surface area is 121 Å². The number of aromatic nitrogens is 1. The van der Waals surface area contributed by atoms with Crippen molar-refractivity contribution in [2.45, 2.75) is 5.33 Å². The highest BCUT2D eigenvalue weighted by Gasteiger charge is 2.05. The molecule has 0 bridgehead atoms. The van der Waals surface area contributed by atoms with Crippen molar-refractivity contribution in [1.82, 2.24) is 4.98 Å². The summed E-state index contributed by atoms with van der Waals surface area (Å²) in [7, 11) is 0. The zero-order valence-electron chi connectivity index (χ0n) is 8.66. The molecule has 0 fully saturated rings. The maximum absolute atomic E-state index is 5.95. The zero-order valence-corrected chi connectivity index (χ0v) is 12.6. The first-order valence-corrected chi connectivity index (χ1v) is 7.11. The van der Waals surface area contributed by atoms with Gasteiger partial charge < -0.3 is 4.74 Å². The van der Waals surface area contributed by atoms with Crippen molar-refractivity contribution < 1.29 is 4.74 Å². The Morgan fingerprint density at radius 2 is 2.06 bits per heavy atom. The Hall–Kier alpha value is -0.580. The number of hydrogen-bond acceptors (Lipinski definition) is 2. The number of benzene rings is 1. The third-order valence-electron chi connectivity index (χ3n) is 2.08. The van der Waals surface area contributed by atoms with Gasteiger partial charge in [-0.25, -0.2) is 0 Å². The molecule has 2 aromatic rings. The largest absolute Gasteiger partial charge is 0.455 e. The van der Waals surface area contributed by atoms with Gasteiger partial charge in [0.15, 0.2) is 0 Å². The normalized spacial score (nSPS) is 10.3. The van der Waals surface area contributed by atoms with Crippen molar-refractivity contribution in [3.8, 4) is 11.5 Å². The molecule has 0 amide bonds. The van der Waals surface area contributed by atoms with E-state index < -0.39 is 0 Å². The quantitative estimate of drug-likeness (QED) is 0.687. The molecule has 0 saturated carbocycles. The average Bonchev–Trinajstić information content (AvgIpc) is 2.29. The predicted molar refractivity (Wildman–Crippen MR) is 76.1 cm³/mol. The third kappa shape index (κ3) is 3.44. The summed E-state index contributed by atoms with van der Waals surface area (Å²) in [5.41, 5.74) is 1.04. The highest BCUT2D eigenvalue weighted by molar-refractivity contribution is 9.10. The molecule has 0 aliphatic carbocycles. The van der Waals surface area contributed by atoms with E-state index in [0.29, 0.717) is 16.1 Å². The van der Waals surface area contributed by atoms with Crippen LogP contribution in [0.2, 0.25) is 5.02 Å². The molecule has 5 heteroatoms. The summed E-state index contributed by atoms with van der Waals surface area (Å²) in [5.74, 6) is 1.40. The van der Waals surface area contributed by atoms with Gasteiger partial charge in [0.1, 0.15) is 11.5 Å². The maximum Gasteiger partial charge on any atom is 0.146 e. The van der Waals surface area contributed by atoms with Gasteiger partial charge in [0.2, 0.25) is 0 Å². The molecular formula is C12H8Br2ClNO. The van der Waals surface area contributed by atoms with Crippen molar-refractivity contribution in [1.29, 1.82) is 0 Å². The molecule has 2 rings (SSSR count). The minimum Gasteiger partial charge on any atom is -0.455 e. The molecule has 0 aliphatic rings. The van der Waals surface area contributed by atoms with Crippen LogP contribution in [0, 0.1) is 0 Å². The number of nitrogens with zero attached hydrogens (tertiary/aromatic N) is 1. The van der Waals surface area contributed by atoms with E-state index in [-0.39, 0.29) is 0 Å². The molecular weight excluding hydrogens is 369 g/mol. The summed E-state index contributed by atoms with van der Waals surface area (Å²) >= 11 is 12.7. The second kappa shape index (κ2) is 5.85. The van der Waals surface area contributed by atoms with E-state index in [1.807, 2.05) is 18.2 Å². The van der Waals surface area contributed by atoms with Crippen molar-refractivity contribution in [2.24, 2.45) is 0 Å². The van der Waals surface area contributed by atoms with Crippen molar-refractivity contribution in [3.63, 3.8) is 0 Å². The monoisotopic (exact) mass is 375 g/mol. The minimum absolute atomic E-state index is 0.646. The standard InChI is InChI=1S/C12H8Br2ClNO/c13-5-8-1-2-10(15)4-12(8)17-11-3-9(14)6-16-7-11/h1-4,6-7H,5H2. The third-order valence-corrected chi connectivity index (χ3v) is 3.35. The van der Waals surface area contributed by atoms with E-state index in [0.717, 1.165) is 15.8 Å². The fraction of sp³-hybridized carbons (Fsp3) is 0.0833. The molecule has 0 spiro atoms. The number of hydrogen-bond donors (Lipinski definition) is 0. The molecule has 0 aliphatic heterocycles. The van der Waals surface area contributed by atoms with Gasteiger partial charge >= 0.3 is 0 Å². The van der Waals surface area contributed by atoms with Crippen LogP contribution < -0.4 is 4.74 Å². The van der Waals surface area contributed by atoms with Gasteiger partial charge in [-0.3, -0.25) is 4.98 Å². The Morgan fingerprint density at radius 3 is 2.76 bits per heavy atom. The van der Waals surface area contributed by atoms with Crippen LogP contribution in [0.1, 0.15) is 5.56 Å². The Morgan fingerprint density at radius 1 is 1.24 bits per heavy atom. The highest BCUT2D eigenvalue weighted by atomic mass is 79.9. The van der Waals surface area contributed by atoms with Crippen molar-refractivity contribution in [3.05, 3.63) is 51.7 Å². The van der Waals surface area contributed by atoms with Crippen LogP contribution in [-0.2, 0) is 5.33 Å². The van der Waals surface area contributed by atoms with E-state index in [4.69, 9.17) is 16.3 Å². The van der Waals surface area contributed by atoms with E-state index in [1.54, 1.807) is 18.5 Å². The molecule has 17 heavy (non-hydrogen) atoms. The van der Waals surface area contributed by atoms with Gasteiger partial charge in [0.25, 0.3) is 0 Å². The highest BCUT2D eigenvalue weighted by Crippen LogP contribution is 2.30. The number of alkyl halides is 1. The first-order chi connectivity index (χ1) is 8.19. The van der Waals surface area contributed by atoms with E-state index in [1.165, 1.54) is 0 Å². The number of pyridine rings is 1. The molecule has 0 radical (unpaired) electrons. The summed E-state index contributed by atoms with van der Waals surface area (Å²) in [6.07, 6.45) is 3.36. The van der Waals surface area contributed by atoms with Crippen molar-refractivity contribution >= 4 is 43.5 Å². The van der Waals surface area contributed by atoms with Gasteiger partial charge in [-0.05, 0) is 34.1 Å². The maximum atomic E-state index is 5.95. The van der Waals surface area contributed by atoms with Crippen LogP contribution >= 0.6 is 43.5 Å². The average molecular weight is 377 g/mol. The first kappa shape index (κ1) is 12.9. The molecule has 1 aromatic heterocycles. The van der Waals surface area contributed by atoms with Crippen LogP contribution in [0.25, 0.3) is 0 Å². The van der Waals surface area contributed by atoms with Gasteiger partial charge in [0.05, 0.1) is 6.20 Å². The number of ether oxygens (including phenoxy) is 1. The van der Waals surface area contributed by atoms with E-state index >= 15 is 0 Å². The zero-order chi connectivity index (χ0) is 12.3. The summed E-state index contributed by atoms with van der Waals surface area (Å²) < 4.78 is 6.63. The van der Waals surface area contributed by atoms with Gasteiger partial charge in [-0.1, -0.05) is 33.6 Å². The first-order valence-electron chi connectivity index (χ1n) is 4.82. The summed E-state index contributed by atoms with van der Waals surface area (Å²) in [4.78, 5) is 4.04. The molecule has 0 N–H and O–H groups in total. The summed E-state index contributed by atoms with van der Waals surface area (Å²) in [5, 5.41) is 1.36.